The Balaban J connectivity index is 0.000000461. The molecule has 4 N–H and O–H groups in total. The van der Waals surface area contributed by atoms with Crippen LogP contribution in [0.1, 0.15) is 25.0 Å². The number of nitriles is 2. The van der Waals surface area contributed by atoms with Gasteiger partial charge in [0, 0.05) is 21.1 Å². The zero-order chi connectivity index (χ0) is 34.6. The van der Waals surface area contributed by atoms with Gasteiger partial charge in [-0.25, -0.2) is 0 Å². The molecule has 20 heteroatoms. The van der Waals surface area contributed by atoms with E-state index in [0.717, 1.165) is 33.3 Å². The molecule has 0 bridgehead atoms. The summed E-state index contributed by atoms with van der Waals surface area (Å²) in [6, 6.07) is 10.8. The summed E-state index contributed by atoms with van der Waals surface area (Å²) in [5, 5.41) is 27.2. The van der Waals surface area contributed by atoms with E-state index < -0.39 is 54.0 Å². The van der Waals surface area contributed by atoms with Gasteiger partial charge in [0.15, 0.2) is 34.6 Å². The van der Waals surface area contributed by atoms with E-state index >= 15 is 0 Å². The number of phenolic OH excluding ortho intramolecular Hbond substituents is 1. The number of carbonyl (C=O) groups excluding carboxylic acids is 2. The average Bonchev–Trinajstić information content (AvgIpc) is 2.97. The first-order valence-electron chi connectivity index (χ1n) is 11.9. The van der Waals surface area contributed by atoms with E-state index in [-0.39, 0.29) is 28.2 Å². The third-order valence-electron chi connectivity index (χ3n) is 4.92. The number of benzene rings is 2. The molecule has 0 aliphatic carbocycles. The maximum absolute atomic E-state index is 11.6. The van der Waals surface area contributed by atoms with Crippen LogP contribution in [0.2, 0.25) is 0 Å². The van der Waals surface area contributed by atoms with E-state index in [4.69, 9.17) is 18.9 Å². The lowest BCUT2D eigenvalue weighted by atomic mass is 10.1. The van der Waals surface area contributed by atoms with Crippen molar-refractivity contribution in [3.05, 3.63) is 58.7 Å². The molecule has 0 saturated carbocycles. The molecular weight excluding hydrogens is 658 g/mol. The summed E-state index contributed by atoms with van der Waals surface area (Å²) < 4.78 is 88.4. The molecule has 0 heterocycles. The van der Waals surface area contributed by atoms with E-state index in [2.05, 4.69) is 4.18 Å². The van der Waals surface area contributed by atoms with E-state index in [1.54, 1.807) is 12.1 Å². The second-order valence-electron chi connectivity index (χ2n) is 8.11. The van der Waals surface area contributed by atoms with Crippen molar-refractivity contribution in [2.24, 2.45) is 0 Å². The number of allylic oxidation sites excluding steroid dienone is 2. The fourth-order valence-corrected chi connectivity index (χ4v) is 4.03. The summed E-state index contributed by atoms with van der Waals surface area (Å²) in [5.74, 6) is -2.48. The Morgan fingerprint density at radius 2 is 1.02 bits per heavy atom. The van der Waals surface area contributed by atoms with Crippen LogP contribution in [-0.4, -0.2) is 63.1 Å². The van der Waals surface area contributed by atoms with Gasteiger partial charge in [-0.2, -0.15) is 49.9 Å². The van der Waals surface area contributed by atoms with Crippen molar-refractivity contribution in [3.8, 4) is 35.1 Å². The van der Waals surface area contributed by atoms with Gasteiger partial charge in [-0.3, -0.25) is 9.59 Å². The number of nitrogens with one attached hydrogen (secondary N) is 3. The highest BCUT2D eigenvalue weighted by atomic mass is 32.2. The fourth-order valence-electron chi connectivity index (χ4n) is 2.67. The minimum Gasteiger partial charge on any atom is -0.504 e. The van der Waals surface area contributed by atoms with Crippen LogP contribution < -0.4 is 26.7 Å². The van der Waals surface area contributed by atoms with E-state index in [1.807, 2.05) is 14.2 Å². The van der Waals surface area contributed by atoms with Gasteiger partial charge in [-0.05, 0) is 61.4 Å². The van der Waals surface area contributed by atoms with Crippen LogP contribution >= 0.6 is 0 Å². The standard InChI is InChI=1S/C13H15N3O7S2.C12H12N2O5S/c1-9(17)11(8-14)6-10-4-5-12(22-24(18,19)15-2)13(7-10)23-25(20,21)16-3;1-8(15)10(7-13)5-9-3-4-11(16)12(6-9)19-20(17,18)14-2/h4-7,15-16H,1-3H3;3-6,14,16H,1-2H3/b11-6+;10-5+. The summed E-state index contributed by atoms with van der Waals surface area (Å²) >= 11 is 0. The molecule has 45 heavy (non-hydrogen) atoms. The molecular formula is C25H27N5O12S3. The molecule has 0 aliphatic rings. The van der Waals surface area contributed by atoms with Crippen molar-refractivity contribution < 1.29 is 52.5 Å². The molecule has 2 rings (SSSR count). The normalized spacial score (nSPS) is 12.1. The van der Waals surface area contributed by atoms with Gasteiger partial charge in [0.05, 0.1) is 11.1 Å². The number of aromatic hydroxyl groups is 1. The maximum atomic E-state index is 11.6. The SMILES string of the molecule is CNS(=O)(=O)Oc1cc(/C=C(\C#N)C(C)=O)ccc1O.CNS(=O)(=O)Oc1ccc(/C=C(\C#N)C(C)=O)cc1OS(=O)(=O)NC. The average molecular weight is 686 g/mol. The molecule has 242 valence electrons. The first-order chi connectivity index (χ1) is 20.8. The zero-order valence-electron chi connectivity index (χ0n) is 24.2. The number of Topliss-reactive ketones (excluding diaryl/α,β-unsaturated/α-hetero) is 2. The second-order valence-corrected chi connectivity index (χ2v) is 12.6. The number of ketones is 2. The topological polar surface area (TPSA) is 268 Å². The Kier molecular flexibility index (Phi) is 13.8. The molecule has 0 radical (unpaired) electrons. The predicted octanol–water partition coefficient (Wildman–Crippen LogP) is 0.600. The minimum absolute atomic E-state index is 0.0990. The van der Waals surface area contributed by atoms with Crippen LogP contribution in [0.4, 0.5) is 0 Å². The Labute approximate surface area is 260 Å². The highest BCUT2D eigenvalue weighted by Gasteiger charge is 2.19. The van der Waals surface area contributed by atoms with Crippen LogP contribution in [0.25, 0.3) is 12.2 Å². The molecule has 0 saturated heterocycles. The van der Waals surface area contributed by atoms with Gasteiger partial charge in [-0.15, -0.1) is 0 Å². The third kappa shape index (κ3) is 12.7. The molecule has 0 aliphatic heterocycles. The summed E-state index contributed by atoms with van der Waals surface area (Å²) in [6.07, 6.45) is 2.46. The van der Waals surface area contributed by atoms with Crippen LogP contribution in [0, 0.1) is 22.7 Å². The summed E-state index contributed by atoms with van der Waals surface area (Å²) in [4.78, 5) is 22.4. The summed E-state index contributed by atoms with van der Waals surface area (Å²) in [5.41, 5.74) is 0.287. The Bertz CT molecular complexity index is 1920. The van der Waals surface area contributed by atoms with Crippen molar-refractivity contribution in [1.82, 2.24) is 14.2 Å². The molecule has 0 aromatic heterocycles. The maximum Gasteiger partial charge on any atom is 0.382 e. The van der Waals surface area contributed by atoms with Crippen LogP contribution in [0.3, 0.4) is 0 Å². The van der Waals surface area contributed by atoms with Gasteiger partial charge in [0.1, 0.15) is 12.1 Å². The van der Waals surface area contributed by atoms with Gasteiger partial charge in [0.2, 0.25) is 0 Å². The van der Waals surface area contributed by atoms with Crippen molar-refractivity contribution in [3.63, 3.8) is 0 Å². The van der Waals surface area contributed by atoms with Crippen molar-refractivity contribution >= 4 is 54.6 Å². The molecule has 0 amide bonds. The quantitative estimate of drug-likeness (QED) is 0.166. The first kappa shape index (κ1) is 38.2. The number of hydrogen-bond donors (Lipinski definition) is 4. The predicted molar refractivity (Wildman–Crippen MR) is 159 cm³/mol. The smallest absolute Gasteiger partial charge is 0.382 e. The van der Waals surface area contributed by atoms with Crippen molar-refractivity contribution in [2.45, 2.75) is 13.8 Å². The van der Waals surface area contributed by atoms with Gasteiger partial charge >= 0.3 is 30.9 Å². The highest BCUT2D eigenvalue weighted by Crippen LogP contribution is 2.31. The molecule has 2 aromatic rings. The Morgan fingerprint density at radius 1 is 0.667 bits per heavy atom. The Hall–Kier alpha value is -4.83. The van der Waals surface area contributed by atoms with Gasteiger partial charge in [-0.1, -0.05) is 12.1 Å². The number of phenols is 1. The molecule has 0 fully saturated rings. The lowest BCUT2D eigenvalue weighted by Gasteiger charge is -2.12. The van der Waals surface area contributed by atoms with Crippen LogP contribution in [0.5, 0.6) is 23.0 Å². The van der Waals surface area contributed by atoms with Crippen LogP contribution in [0.15, 0.2) is 47.5 Å². The van der Waals surface area contributed by atoms with Crippen LogP contribution in [-0.2, 0) is 40.5 Å². The molecule has 17 nitrogen and oxygen atoms in total. The number of hydrogen-bond acceptors (Lipinski definition) is 14. The summed E-state index contributed by atoms with van der Waals surface area (Å²) in [7, 11) is -9.08. The molecule has 0 atom stereocenters. The first-order valence-corrected chi connectivity index (χ1v) is 16.2. The monoisotopic (exact) mass is 685 g/mol. The van der Waals surface area contributed by atoms with Crippen molar-refractivity contribution in [2.75, 3.05) is 21.1 Å². The molecule has 2 aromatic carbocycles. The summed E-state index contributed by atoms with van der Waals surface area (Å²) in [6.45, 7) is 2.42. The molecule has 0 unspecified atom stereocenters. The van der Waals surface area contributed by atoms with Crippen molar-refractivity contribution in [1.29, 1.82) is 10.5 Å². The van der Waals surface area contributed by atoms with E-state index in [0.29, 0.717) is 5.56 Å². The minimum atomic E-state index is -4.22. The number of carbonyl (C=O) groups is 2. The van der Waals surface area contributed by atoms with Gasteiger partial charge in [0.25, 0.3) is 0 Å². The zero-order valence-corrected chi connectivity index (χ0v) is 26.6. The third-order valence-corrected chi connectivity index (χ3v) is 7.62. The van der Waals surface area contributed by atoms with Gasteiger partial charge < -0.3 is 17.7 Å². The Morgan fingerprint density at radius 3 is 1.40 bits per heavy atom. The second kappa shape index (κ2) is 16.3. The fraction of sp³-hybridized carbons (Fsp3) is 0.200. The lowest BCUT2D eigenvalue weighted by Crippen LogP contribution is -2.26. The number of nitrogens with zero attached hydrogens (tertiary/aromatic N) is 2. The molecule has 0 spiro atoms. The number of rotatable bonds is 13. The largest absolute Gasteiger partial charge is 0.504 e. The van der Waals surface area contributed by atoms with E-state index in [1.165, 1.54) is 50.3 Å². The highest BCUT2D eigenvalue weighted by molar-refractivity contribution is 7.85. The van der Waals surface area contributed by atoms with E-state index in [9.17, 15) is 39.9 Å². The lowest BCUT2D eigenvalue weighted by molar-refractivity contribution is -0.114.